The van der Waals surface area contributed by atoms with Gasteiger partial charge in [-0.25, -0.2) is 0 Å². The maximum Gasteiger partial charge on any atom is 0.302 e. The molecule has 2 rings (SSSR count). The van der Waals surface area contributed by atoms with Crippen LogP contribution in [0.5, 0.6) is 0 Å². The Kier molecular flexibility index (Phi) is 2.99. The van der Waals surface area contributed by atoms with Crippen LogP contribution >= 0.6 is 0 Å². The minimum absolute atomic E-state index is 0.104. The van der Waals surface area contributed by atoms with Crippen LogP contribution in [0.2, 0.25) is 0 Å². The van der Waals surface area contributed by atoms with Crippen molar-refractivity contribution in [1.29, 1.82) is 0 Å². The van der Waals surface area contributed by atoms with E-state index in [1.165, 1.54) is 12.5 Å². The van der Waals surface area contributed by atoms with Crippen LogP contribution in [0.1, 0.15) is 37.7 Å². The molecule has 2 unspecified atom stereocenters. The number of hydrogen-bond acceptors (Lipinski definition) is 3. The summed E-state index contributed by atoms with van der Waals surface area (Å²) in [5, 5.41) is 0. The molecule has 1 fully saturated rings. The van der Waals surface area contributed by atoms with Gasteiger partial charge >= 0.3 is 5.97 Å². The van der Waals surface area contributed by atoms with Crippen molar-refractivity contribution in [3.63, 3.8) is 0 Å². The molecule has 0 spiro atoms. The summed E-state index contributed by atoms with van der Waals surface area (Å²) in [5.41, 5.74) is 1.26. The molecule has 2 atom stereocenters. The number of hydrogen-bond donors (Lipinski definition) is 0. The summed E-state index contributed by atoms with van der Waals surface area (Å²) in [5.74, 6) is 0.329. The van der Waals surface area contributed by atoms with Crippen LogP contribution in [-0.2, 0) is 9.53 Å². The molecule has 80 valence electrons. The number of carbonyl (C=O) groups is 1. The van der Waals surface area contributed by atoms with E-state index in [1.54, 1.807) is 6.20 Å². The third kappa shape index (κ3) is 2.55. The van der Waals surface area contributed by atoms with Gasteiger partial charge in [0.05, 0.1) is 0 Å². The average Bonchev–Trinajstić information content (AvgIpc) is 2.67. The zero-order valence-electron chi connectivity index (χ0n) is 8.85. The van der Waals surface area contributed by atoms with Crippen LogP contribution in [0, 0.1) is 0 Å². The molecule has 0 radical (unpaired) electrons. The van der Waals surface area contributed by atoms with Gasteiger partial charge in [-0.05, 0) is 36.8 Å². The fourth-order valence-corrected chi connectivity index (χ4v) is 2.20. The van der Waals surface area contributed by atoms with Crippen molar-refractivity contribution in [3.05, 3.63) is 30.1 Å². The minimum Gasteiger partial charge on any atom is -0.463 e. The van der Waals surface area contributed by atoms with Crippen LogP contribution in [0.25, 0.3) is 0 Å². The summed E-state index contributed by atoms with van der Waals surface area (Å²) in [6, 6.07) is 4.04. The van der Waals surface area contributed by atoms with E-state index in [1.807, 2.05) is 12.3 Å². The van der Waals surface area contributed by atoms with E-state index < -0.39 is 0 Å². The fourth-order valence-electron chi connectivity index (χ4n) is 2.20. The Morgan fingerprint density at radius 2 is 2.40 bits per heavy atom. The molecule has 0 saturated heterocycles. The van der Waals surface area contributed by atoms with Crippen molar-refractivity contribution in [3.8, 4) is 0 Å². The number of esters is 1. The topological polar surface area (TPSA) is 39.2 Å². The number of ether oxygens (including phenoxy) is 1. The summed E-state index contributed by atoms with van der Waals surface area (Å²) in [4.78, 5) is 14.9. The SMILES string of the molecule is CC(=O)OC1CCC(c2cccnc2)C1. The first-order chi connectivity index (χ1) is 7.25. The Labute approximate surface area is 89.5 Å². The fraction of sp³-hybridized carbons (Fsp3) is 0.500. The van der Waals surface area contributed by atoms with Crippen molar-refractivity contribution in [2.75, 3.05) is 0 Å². The van der Waals surface area contributed by atoms with Crippen molar-refractivity contribution in [2.45, 2.75) is 38.2 Å². The second kappa shape index (κ2) is 4.43. The van der Waals surface area contributed by atoms with Crippen LogP contribution in [0.15, 0.2) is 24.5 Å². The average molecular weight is 205 g/mol. The molecule has 0 aromatic carbocycles. The highest BCUT2D eigenvalue weighted by atomic mass is 16.5. The molecular formula is C12H15NO2. The van der Waals surface area contributed by atoms with Crippen molar-refractivity contribution >= 4 is 5.97 Å². The largest absolute Gasteiger partial charge is 0.463 e. The number of pyridine rings is 1. The third-order valence-electron chi connectivity index (χ3n) is 2.87. The second-order valence-electron chi connectivity index (χ2n) is 4.03. The quantitative estimate of drug-likeness (QED) is 0.695. The number of aromatic nitrogens is 1. The molecule has 0 amide bonds. The Morgan fingerprint density at radius 3 is 3.07 bits per heavy atom. The molecule has 1 aromatic heterocycles. The molecule has 1 aliphatic carbocycles. The molecule has 15 heavy (non-hydrogen) atoms. The summed E-state index contributed by atoms with van der Waals surface area (Å²) in [6.07, 6.45) is 6.78. The van der Waals surface area contributed by atoms with Gasteiger partial charge in [0.2, 0.25) is 0 Å². The zero-order chi connectivity index (χ0) is 10.7. The van der Waals surface area contributed by atoms with Crippen LogP contribution in [0.3, 0.4) is 0 Å². The summed E-state index contributed by atoms with van der Waals surface area (Å²) >= 11 is 0. The summed E-state index contributed by atoms with van der Waals surface area (Å²) in [7, 11) is 0. The van der Waals surface area contributed by atoms with Gasteiger partial charge in [0.1, 0.15) is 6.10 Å². The van der Waals surface area contributed by atoms with Crippen LogP contribution in [0.4, 0.5) is 0 Å². The van der Waals surface area contributed by atoms with E-state index in [0.717, 1.165) is 19.3 Å². The molecule has 0 bridgehead atoms. The monoisotopic (exact) mass is 205 g/mol. The smallest absolute Gasteiger partial charge is 0.302 e. The Balaban J connectivity index is 1.96. The lowest BCUT2D eigenvalue weighted by Crippen LogP contribution is -2.12. The van der Waals surface area contributed by atoms with E-state index in [4.69, 9.17) is 4.74 Å². The zero-order valence-corrected chi connectivity index (χ0v) is 8.85. The highest BCUT2D eigenvalue weighted by molar-refractivity contribution is 5.66. The lowest BCUT2D eigenvalue weighted by atomic mass is 10.00. The number of rotatable bonds is 2. The van der Waals surface area contributed by atoms with Crippen LogP contribution < -0.4 is 0 Å². The predicted octanol–water partition coefficient (Wildman–Crippen LogP) is 2.28. The van der Waals surface area contributed by atoms with E-state index in [2.05, 4.69) is 11.1 Å². The van der Waals surface area contributed by atoms with E-state index in [0.29, 0.717) is 5.92 Å². The Bertz CT molecular complexity index is 337. The summed E-state index contributed by atoms with van der Waals surface area (Å²) < 4.78 is 5.20. The van der Waals surface area contributed by atoms with Gasteiger partial charge < -0.3 is 4.74 Å². The van der Waals surface area contributed by atoms with Crippen LogP contribution in [-0.4, -0.2) is 17.1 Å². The van der Waals surface area contributed by atoms with Crippen molar-refractivity contribution < 1.29 is 9.53 Å². The third-order valence-corrected chi connectivity index (χ3v) is 2.87. The van der Waals surface area contributed by atoms with Gasteiger partial charge in [0.15, 0.2) is 0 Å². The number of carbonyl (C=O) groups excluding carboxylic acids is 1. The molecule has 0 N–H and O–H groups in total. The molecule has 3 nitrogen and oxygen atoms in total. The molecule has 1 aromatic rings. The first-order valence-electron chi connectivity index (χ1n) is 5.33. The van der Waals surface area contributed by atoms with Crippen molar-refractivity contribution in [1.82, 2.24) is 4.98 Å². The standard InChI is InChI=1S/C12H15NO2/c1-9(14)15-12-5-4-10(7-12)11-3-2-6-13-8-11/h2-3,6,8,10,12H,4-5,7H2,1H3. The molecule has 3 heteroatoms. The first-order valence-corrected chi connectivity index (χ1v) is 5.33. The molecule has 1 saturated carbocycles. The van der Waals surface area contributed by atoms with Gasteiger partial charge in [0.25, 0.3) is 0 Å². The minimum atomic E-state index is -0.174. The Morgan fingerprint density at radius 1 is 1.53 bits per heavy atom. The first kappa shape index (κ1) is 10.1. The maximum atomic E-state index is 10.8. The van der Waals surface area contributed by atoms with Crippen molar-refractivity contribution in [2.24, 2.45) is 0 Å². The number of nitrogens with zero attached hydrogens (tertiary/aromatic N) is 1. The molecule has 1 aliphatic rings. The normalized spacial score (nSPS) is 25.1. The van der Waals surface area contributed by atoms with E-state index in [9.17, 15) is 4.79 Å². The maximum absolute atomic E-state index is 10.8. The molecule has 0 aliphatic heterocycles. The highest BCUT2D eigenvalue weighted by Gasteiger charge is 2.27. The molecular weight excluding hydrogens is 190 g/mol. The van der Waals surface area contributed by atoms with Gasteiger partial charge in [0, 0.05) is 19.3 Å². The second-order valence-corrected chi connectivity index (χ2v) is 4.03. The van der Waals surface area contributed by atoms with E-state index in [-0.39, 0.29) is 12.1 Å². The Hall–Kier alpha value is -1.38. The van der Waals surface area contributed by atoms with Gasteiger partial charge in [-0.2, -0.15) is 0 Å². The molecule has 1 heterocycles. The van der Waals surface area contributed by atoms with Gasteiger partial charge in [-0.1, -0.05) is 6.07 Å². The van der Waals surface area contributed by atoms with E-state index >= 15 is 0 Å². The lowest BCUT2D eigenvalue weighted by molar-refractivity contribution is -0.145. The van der Waals surface area contributed by atoms with Gasteiger partial charge in [-0.15, -0.1) is 0 Å². The van der Waals surface area contributed by atoms with Gasteiger partial charge in [-0.3, -0.25) is 9.78 Å². The highest BCUT2D eigenvalue weighted by Crippen LogP contribution is 2.35. The predicted molar refractivity (Wildman–Crippen MR) is 56.4 cm³/mol. The summed E-state index contributed by atoms with van der Waals surface area (Å²) in [6.45, 7) is 1.47. The lowest BCUT2D eigenvalue weighted by Gasteiger charge is -2.11.